The second-order valence-corrected chi connectivity index (χ2v) is 10.8. The lowest BCUT2D eigenvalue weighted by Crippen LogP contribution is -2.46. The molecule has 4 nitrogen and oxygen atoms in total. The number of piperidine rings is 1. The van der Waals surface area contributed by atoms with Crippen LogP contribution in [0.15, 0.2) is 72.8 Å². The molecular weight excluding hydrogens is 491 g/mol. The summed E-state index contributed by atoms with van der Waals surface area (Å²) in [6.07, 6.45) is 4.01. The molecule has 0 bridgehead atoms. The van der Waals surface area contributed by atoms with Crippen molar-refractivity contribution in [1.82, 2.24) is 10.2 Å². The van der Waals surface area contributed by atoms with E-state index in [0.717, 1.165) is 50.1 Å². The first kappa shape index (κ1) is 25.1. The number of hydrogen-bond donors (Lipinski definition) is 1. The van der Waals surface area contributed by atoms with Gasteiger partial charge in [-0.3, -0.25) is 4.79 Å². The number of fused-ring (bicyclic) bond motifs is 2. The van der Waals surface area contributed by atoms with Crippen molar-refractivity contribution < 1.29 is 9.53 Å². The molecule has 5 rings (SSSR count). The number of ether oxygens (including phenoxy) is 1. The first-order chi connectivity index (χ1) is 17.5. The Morgan fingerprint density at radius 3 is 2.50 bits per heavy atom. The Balaban J connectivity index is 1.38. The molecule has 2 aliphatic heterocycles. The van der Waals surface area contributed by atoms with Gasteiger partial charge in [0.05, 0.1) is 10.0 Å². The van der Waals surface area contributed by atoms with Gasteiger partial charge in [-0.1, -0.05) is 65.7 Å². The normalized spacial score (nSPS) is 18.9. The fraction of sp³-hybridized carbons (Fsp3) is 0.367. The van der Waals surface area contributed by atoms with Gasteiger partial charge < -0.3 is 15.0 Å². The minimum atomic E-state index is 0.0139. The van der Waals surface area contributed by atoms with Crippen molar-refractivity contribution in [2.24, 2.45) is 0 Å². The first-order valence-corrected chi connectivity index (χ1v) is 13.5. The minimum Gasteiger partial charge on any atom is -0.489 e. The van der Waals surface area contributed by atoms with E-state index < -0.39 is 0 Å². The molecule has 0 saturated carbocycles. The number of carbonyl (C=O) groups is 1. The summed E-state index contributed by atoms with van der Waals surface area (Å²) in [4.78, 5) is 14.9. The number of rotatable bonds is 7. The fourth-order valence-corrected chi connectivity index (χ4v) is 6.22. The molecule has 1 fully saturated rings. The molecule has 36 heavy (non-hydrogen) atoms. The number of nitrogens with zero attached hydrogens (tertiary/aromatic N) is 1. The van der Waals surface area contributed by atoms with E-state index in [-0.39, 0.29) is 23.3 Å². The average Bonchev–Trinajstić information content (AvgIpc) is 3.21. The van der Waals surface area contributed by atoms with Crippen molar-refractivity contribution in [2.75, 3.05) is 26.7 Å². The summed E-state index contributed by atoms with van der Waals surface area (Å²) in [6.45, 7) is 2.58. The highest BCUT2D eigenvalue weighted by atomic mass is 35.5. The smallest absolute Gasteiger partial charge is 0.253 e. The van der Waals surface area contributed by atoms with Gasteiger partial charge in [-0.15, -0.1) is 0 Å². The molecule has 1 saturated heterocycles. The summed E-state index contributed by atoms with van der Waals surface area (Å²) >= 11 is 12.6. The quantitative estimate of drug-likeness (QED) is 0.374. The van der Waals surface area contributed by atoms with E-state index in [2.05, 4.69) is 29.6 Å². The lowest BCUT2D eigenvalue weighted by molar-refractivity contribution is 0.0773. The lowest BCUT2D eigenvalue weighted by atomic mass is 9.69. The fourth-order valence-electron chi connectivity index (χ4n) is 5.92. The van der Waals surface area contributed by atoms with Gasteiger partial charge in [-0.05, 0) is 74.7 Å². The van der Waals surface area contributed by atoms with Gasteiger partial charge in [0.15, 0.2) is 0 Å². The van der Waals surface area contributed by atoms with E-state index in [4.69, 9.17) is 27.9 Å². The van der Waals surface area contributed by atoms with Crippen molar-refractivity contribution >= 4 is 29.1 Å². The SMILES string of the molecule is CN(C[C@@H](CCC1Oc2ccccc2C12CCNCC2)c1ccc(Cl)c(Cl)c1)C(=O)c1ccccc1. The lowest BCUT2D eigenvalue weighted by Gasteiger charge is -2.39. The Morgan fingerprint density at radius 2 is 1.75 bits per heavy atom. The van der Waals surface area contributed by atoms with Crippen molar-refractivity contribution in [3.8, 4) is 5.75 Å². The molecule has 3 aromatic rings. The molecular formula is C30H32Cl2N2O2. The van der Waals surface area contributed by atoms with Crippen LogP contribution < -0.4 is 10.1 Å². The van der Waals surface area contributed by atoms with Crippen LogP contribution >= 0.6 is 23.2 Å². The molecule has 3 aromatic carbocycles. The number of para-hydroxylation sites is 1. The van der Waals surface area contributed by atoms with Gasteiger partial charge in [-0.2, -0.15) is 0 Å². The zero-order valence-corrected chi connectivity index (χ0v) is 22.1. The maximum atomic E-state index is 13.1. The molecule has 2 atom stereocenters. The van der Waals surface area contributed by atoms with Gasteiger partial charge >= 0.3 is 0 Å². The molecule has 1 spiro atoms. The van der Waals surface area contributed by atoms with Gasteiger partial charge in [0.2, 0.25) is 0 Å². The maximum Gasteiger partial charge on any atom is 0.253 e. The van der Waals surface area contributed by atoms with E-state index >= 15 is 0 Å². The molecule has 1 unspecified atom stereocenters. The minimum absolute atomic E-state index is 0.0139. The second kappa shape index (κ2) is 10.8. The molecule has 1 amide bonds. The van der Waals surface area contributed by atoms with Gasteiger partial charge in [-0.25, -0.2) is 0 Å². The zero-order valence-electron chi connectivity index (χ0n) is 20.6. The number of hydrogen-bond acceptors (Lipinski definition) is 3. The van der Waals surface area contributed by atoms with Crippen LogP contribution in [0.2, 0.25) is 10.0 Å². The number of nitrogens with one attached hydrogen (secondary N) is 1. The van der Waals surface area contributed by atoms with E-state index in [1.54, 1.807) is 0 Å². The summed E-state index contributed by atoms with van der Waals surface area (Å²) in [5, 5.41) is 4.59. The van der Waals surface area contributed by atoms with Crippen LogP contribution in [0.25, 0.3) is 0 Å². The second-order valence-electron chi connectivity index (χ2n) is 10.0. The zero-order chi connectivity index (χ0) is 25.1. The number of carbonyl (C=O) groups excluding carboxylic acids is 1. The molecule has 2 heterocycles. The third kappa shape index (κ3) is 5.00. The Bertz CT molecular complexity index is 1210. The topological polar surface area (TPSA) is 41.6 Å². The number of benzene rings is 3. The summed E-state index contributed by atoms with van der Waals surface area (Å²) < 4.78 is 6.60. The molecule has 1 N–H and O–H groups in total. The third-order valence-electron chi connectivity index (χ3n) is 7.86. The first-order valence-electron chi connectivity index (χ1n) is 12.7. The van der Waals surface area contributed by atoms with Crippen LogP contribution in [-0.2, 0) is 5.41 Å². The van der Waals surface area contributed by atoms with Gasteiger partial charge in [0, 0.05) is 36.1 Å². The average molecular weight is 524 g/mol. The Morgan fingerprint density at radius 1 is 1.03 bits per heavy atom. The van der Waals surface area contributed by atoms with Crippen LogP contribution in [0, 0.1) is 0 Å². The van der Waals surface area contributed by atoms with Crippen LogP contribution in [0.3, 0.4) is 0 Å². The van der Waals surface area contributed by atoms with E-state index in [9.17, 15) is 4.79 Å². The van der Waals surface area contributed by atoms with Crippen molar-refractivity contribution in [2.45, 2.75) is 43.1 Å². The largest absolute Gasteiger partial charge is 0.489 e. The molecule has 0 aromatic heterocycles. The highest BCUT2D eigenvalue weighted by molar-refractivity contribution is 6.42. The van der Waals surface area contributed by atoms with E-state index in [1.165, 1.54) is 5.56 Å². The summed E-state index contributed by atoms with van der Waals surface area (Å²) in [7, 11) is 1.87. The molecule has 0 aliphatic carbocycles. The Hall–Kier alpha value is -2.53. The van der Waals surface area contributed by atoms with Crippen LogP contribution in [0.1, 0.15) is 53.1 Å². The molecule has 6 heteroatoms. The van der Waals surface area contributed by atoms with E-state index in [1.807, 2.05) is 60.5 Å². The molecule has 188 valence electrons. The summed E-state index contributed by atoms with van der Waals surface area (Å²) in [5.41, 5.74) is 3.16. The summed E-state index contributed by atoms with van der Waals surface area (Å²) in [5.74, 6) is 1.13. The third-order valence-corrected chi connectivity index (χ3v) is 8.60. The predicted octanol–water partition coefficient (Wildman–Crippen LogP) is 6.71. The Kier molecular flexibility index (Phi) is 7.57. The number of likely N-dealkylation sites (N-methyl/N-ethyl adjacent to an activating group) is 1. The standard InChI is InChI=1S/C30H32Cl2N2O2/c1-34(29(35)21-7-3-2-4-8-21)20-23(22-11-13-25(31)26(32)19-22)12-14-28-30(15-17-33-18-16-30)24-9-5-6-10-27(24)36-28/h2-11,13,19,23,28,33H,12,14-18,20H2,1H3/t23-,28?/m1/s1. The maximum absolute atomic E-state index is 13.1. The van der Waals surface area contributed by atoms with Crippen molar-refractivity contribution in [1.29, 1.82) is 0 Å². The molecule has 0 radical (unpaired) electrons. The van der Waals surface area contributed by atoms with Crippen LogP contribution in [-0.4, -0.2) is 43.6 Å². The molecule has 2 aliphatic rings. The highest BCUT2D eigenvalue weighted by Gasteiger charge is 2.48. The van der Waals surface area contributed by atoms with Crippen LogP contribution in [0.5, 0.6) is 5.75 Å². The van der Waals surface area contributed by atoms with Crippen molar-refractivity contribution in [3.63, 3.8) is 0 Å². The van der Waals surface area contributed by atoms with Crippen molar-refractivity contribution in [3.05, 3.63) is 99.5 Å². The van der Waals surface area contributed by atoms with Gasteiger partial charge in [0.1, 0.15) is 11.9 Å². The number of amides is 1. The van der Waals surface area contributed by atoms with Crippen LogP contribution in [0.4, 0.5) is 0 Å². The van der Waals surface area contributed by atoms with E-state index in [0.29, 0.717) is 22.2 Å². The summed E-state index contributed by atoms with van der Waals surface area (Å²) in [6, 6.07) is 23.8. The predicted molar refractivity (Wildman–Crippen MR) is 146 cm³/mol. The monoisotopic (exact) mass is 522 g/mol. The highest BCUT2D eigenvalue weighted by Crippen LogP contribution is 2.50. The van der Waals surface area contributed by atoms with Gasteiger partial charge in [0.25, 0.3) is 5.91 Å². The number of halogens is 2. The Labute approximate surface area is 223 Å².